The van der Waals surface area contributed by atoms with Crippen molar-refractivity contribution in [1.82, 2.24) is 4.90 Å². The highest BCUT2D eigenvalue weighted by Gasteiger charge is 2.43. The van der Waals surface area contributed by atoms with E-state index in [1.165, 1.54) is 12.8 Å². The second kappa shape index (κ2) is 9.46. The van der Waals surface area contributed by atoms with E-state index < -0.39 is 0 Å². The molecular formula is C20H31Cl2N3O2. The molecule has 5 nitrogen and oxygen atoms in total. The summed E-state index contributed by atoms with van der Waals surface area (Å²) >= 11 is 0. The molecule has 152 valence electrons. The highest BCUT2D eigenvalue weighted by atomic mass is 35.5. The summed E-state index contributed by atoms with van der Waals surface area (Å²) < 4.78 is 5.53. The minimum Gasteiger partial charge on any atom is -0.398 e. The van der Waals surface area contributed by atoms with Gasteiger partial charge in [0.2, 0.25) is 5.91 Å². The Hall–Kier alpha value is -1.01. The van der Waals surface area contributed by atoms with Crippen LogP contribution >= 0.6 is 24.8 Å². The molecule has 2 fully saturated rings. The lowest BCUT2D eigenvalue weighted by Gasteiger charge is -2.44. The van der Waals surface area contributed by atoms with Gasteiger partial charge >= 0.3 is 0 Å². The maximum atomic E-state index is 13.3. The summed E-state index contributed by atoms with van der Waals surface area (Å²) in [4.78, 5) is 17.8. The lowest BCUT2D eigenvalue weighted by molar-refractivity contribution is -0.123. The summed E-state index contributed by atoms with van der Waals surface area (Å²) in [7, 11) is 0. The van der Waals surface area contributed by atoms with Gasteiger partial charge in [-0.15, -0.1) is 24.8 Å². The van der Waals surface area contributed by atoms with Crippen molar-refractivity contribution < 1.29 is 9.53 Å². The first-order valence-corrected chi connectivity index (χ1v) is 9.70. The second-order valence-corrected chi connectivity index (χ2v) is 7.70. The van der Waals surface area contributed by atoms with Gasteiger partial charge in [-0.1, -0.05) is 18.9 Å². The van der Waals surface area contributed by atoms with E-state index in [2.05, 4.69) is 11.0 Å². The number of morpholine rings is 1. The fourth-order valence-electron chi connectivity index (χ4n) is 4.96. The first-order valence-electron chi connectivity index (χ1n) is 9.70. The van der Waals surface area contributed by atoms with Crippen molar-refractivity contribution in [2.75, 3.05) is 43.5 Å². The Morgan fingerprint density at radius 3 is 2.48 bits per heavy atom. The van der Waals surface area contributed by atoms with Crippen molar-refractivity contribution in [3.63, 3.8) is 0 Å². The zero-order valence-corrected chi connectivity index (χ0v) is 17.5. The number of nitrogens with two attached hydrogens (primary N) is 1. The number of anilines is 2. The van der Waals surface area contributed by atoms with Gasteiger partial charge in [0.25, 0.3) is 0 Å². The normalized spacial score (nSPS) is 21.7. The average molecular weight is 416 g/mol. The topological polar surface area (TPSA) is 58.8 Å². The zero-order valence-electron chi connectivity index (χ0n) is 15.8. The van der Waals surface area contributed by atoms with E-state index in [4.69, 9.17) is 10.5 Å². The molecule has 1 aliphatic carbocycles. The predicted molar refractivity (Wildman–Crippen MR) is 114 cm³/mol. The number of nitrogen functional groups attached to an aromatic ring is 1. The number of ether oxygens (including phenoxy) is 1. The van der Waals surface area contributed by atoms with Crippen molar-refractivity contribution >= 4 is 42.1 Å². The first kappa shape index (κ1) is 22.3. The van der Waals surface area contributed by atoms with Gasteiger partial charge in [-0.05, 0) is 43.4 Å². The number of amides is 1. The Labute approximate surface area is 174 Å². The summed E-state index contributed by atoms with van der Waals surface area (Å²) in [6, 6.07) is 5.96. The third-order valence-corrected chi connectivity index (χ3v) is 6.28. The van der Waals surface area contributed by atoms with Gasteiger partial charge < -0.3 is 15.4 Å². The Bertz CT molecular complexity index is 644. The molecule has 1 saturated carbocycles. The quantitative estimate of drug-likeness (QED) is 0.768. The van der Waals surface area contributed by atoms with Crippen molar-refractivity contribution in [3.05, 3.63) is 23.8 Å². The summed E-state index contributed by atoms with van der Waals surface area (Å²) in [6.07, 6.45) is 7.33. The van der Waals surface area contributed by atoms with Crippen molar-refractivity contribution in [2.45, 2.75) is 50.5 Å². The van der Waals surface area contributed by atoms with Crippen molar-refractivity contribution in [3.8, 4) is 0 Å². The molecule has 7 heteroatoms. The molecule has 0 atom stereocenters. The van der Waals surface area contributed by atoms with Crippen LogP contribution in [0.25, 0.3) is 0 Å². The number of hydrogen-bond donors (Lipinski definition) is 1. The van der Waals surface area contributed by atoms with Gasteiger partial charge in [0, 0.05) is 43.0 Å². The fraction of sp³-hybridized carbons (Fsp3) is 0.650. The third-order valence-electron chi connectivity index (χ3n) is 6.28. The maximum absolute atomic E-state index is 13.3. The van der Waals surface area contributed by atoms with Crippen LogP contribution in [0.3, 0.4) is 0 Å². The lowest BCUT2D eigenvalue weighted by Crippen LogP contribution is -2.54. The molecule has 1 amide bonds. The number of carbonyl (C=O) groups excluding carboxylic acids is 1. The molecule has 0 radical (unpaired) electrons. The van der Waals surface area contributed by atoms with Crippen LogP contribution in [0.2, 0.25) is 0 Å². The van der Waals surface area contributed by atoms with E-state index in [1.54, 1.807) is 0 Å². The van der Waals surface area contributed by atoms with E-state index in [-0.39, 0.29) is 36.3 Å². The molecule has 0 spiro atoms. The van der Waals surface area contributed by atoms with Crippen LogP contribution in [-0.2, 0) is 16.0 Å². The molecule has 27 heavy (non-hydrogen) atoms. The molecule has 0 aromatic heterocycles. The summed E-state index contributed by atoms with van der Waals surface area (Å²) in [5.41, 5.74) is 9.19. The van der Waals surface area contributed by atoms with E-state index in [0.29, 0.717) is 6.42 Å². The second-order valence-electron chi connectivity index (χ2n) is 7.70. The number of nitrogens with zero attached hydrogens (tertiary/aromatic N) is 2. The molecule has 1 saturated heterocycles. The number of halogens is 2. The number of rotatable bonds is 3. The van der Waals surface area contributed by atoms with Crippen molar-refractivity contribution in [2.24, 2.45) is 0 Å². The van der Waals surface area contributed by atoms with Crippen LogP contribution in [0.15, 0.2) is 18.2 Å². The van der Waals surface area contributed by atoms with Gasteiger partial charge in [-0.2, -0.15) is 0 Å². The van der Waals surface area contributed by atoms with Crippen LogP contribution in [0.4, 0.5) is 11.4 Å². The fourth-order valence-corrected chi connectivity index (χ4v) is 4.96. The minimum absolute atomic E-state index is 0. The highest BCUT2D eigenvalue weighted by Crippen LogP contribution is 2.40. The number of fused-ring (bicyclic) bond motifs is 1. The van der Waals surface area contributed by atoms with E-state index in [1.807, 2.05) is 17.0 Å². The number of carbonyl (C=O) groups is 1. The number of hydrogen-bond acceptors (Lipinski definition) is 4. The largest absolute Gasteiger partial charge is 0.398 e. The van der Waals surface area contributed by atoms with Crippen LogP contribution in [0.1, 0.15) is 44.1 Å². The number of benzene rings is 1. The van der Waals surface area contributed by atoms with Gasteiger partial charge in [0.05, 0.1) is 13.2 Å². The van der Waals surface area contributed by atoms with E-state index in [9.17, 15) is 4.79 Å². The summed E-state index contributed by atoms with van der Waals surface area (Å²) in [5.74, 6) is 0.264. The molecule has 4 rings (SSSR count). The van der Waals surface area contributed by atoms with Gasteiger partial charge in [-0.25, -0.2) is 0 Å². The Morgan fingerprint density at radius 2 is 1.78 bits per heavy atom. The molecule has 2 aliphatic heterocycles. The molecule has 2 N–H and O–H groups in total. The Balaban J connectivity index is 0.00000131. The summed E-state index contributed by atoms with van der Waals surface area (Å²) in [6.45, 7) is 4.31. The zero-order chi connectivity index (χ0) is 17.3. The highest BCUT2D eigenvalue weighted by molar-refractivity contribution is 5.96. The predicted octanol–water partition coefficient (Wildman–Crippen LogP) is 3.43. The molecular weight excluding hydrogens is 385 g/mol. The molecule has 1 aromatic carbocycles. The molecule has 1 aromatic rings. The van der Waals surface area contributed by atoms with Gasteiger partial charge in [-0.3, -0.25) is 9.69 Å². The first-order chi connectivity index (χ1) is 12.2. The standard InChI is InChI=1S/C20H29N3O2.2ClH/c21-17-6-3-7-18-16(17)5-4-10-23(18)19(24)15-20(8-1-2-9-20)22-11-13-25-14-12-22;;/h3,6-7H,1-2,4-5,8-15,21H2;2*1H. The van der Waals surface area contributed by atoms with Gasteiger partial charge in [0.15, 0.2) is 0 Å². The summed E-state index contributed by atoms with van der Waals surface area (Å²) in [5, 5.41) is 0. The van der Waals surface area contributed by atoms with E-state index >= 15 is 0 Å². The average Bonchev–Trinajstić information content (AvgIpc) is 3.12. The molecule has 2 heterocycles. The van der Waals surface area contributed by atoms with Gasteiger partial charge in [0.1, 0.15) is 0 Å². The smallest absolute Gasteiger partial charge is 0.228 e. The lowest BCUT2D eigenvalue weighted by atomic mass is 9.89. The van der Waals surface area contributed by atoms with Crippen LogP contribution < -0.4 is 10.6 Å². The Morgan fingerprint density at radius 1 is 1.07 bits per heavy atom. The van der Waals surface area contributed by atoms with Crippen LogP contribution in [-0.4, -0.2) is 49.2 Å². The van der Waals surface area contributed by atoms with Crippen molar-refractivity contribution in [1.29, 1.82) is 0 Å². The molecule has 0 bridgehead atoms. The van der Waals surface area contributed by atoms with E-state index in [0.717, 1.165) is 75.5 Å². The molecule has 0 unspecified atom stereocenters. The maximum Gasteiger partial charge on any atom is 0.228 e. The Kier molecular flexibility index (Phi) is 7.81. The minimum atomic E-state index is 0. The SMILES string of the molecule is Cl.Cl.Nc1cccc2c1CCCN2C(=O)CC1(N2CCOCC2)CCCC1. The third kappa shape index (κ3) is 4.37. The molecule has 3 aliphatic rings. The van der Waals surface area contributed by atoms with Crippen LogP contribution in [0.5, 0.6) is 0 Å². The monoisotopic (exact) mass is 415 g/mol. The van der Waals surface area contributed by atoms with Crippen LogP contribution in [0, 0.1) is 0 Å².